The third kappa shape index (κ3) is 5.85. The van der Waals surface area contributed by atoms with Crippen LogP contribution in [0.15, 0.2) is 23.6 Å². The van der Waals surface area contributed by atoms with Crippen molar-refractivity contribution in [2.24, 2.45) is 0 Å². The molecule has 0 fully saturated rings. The smallest absolute Gasteiger partial charge is 0.410 e. The number of amides is 2. The lowest BCUT2D eigenvalue weighted by atomic mass is 10.1. The van der Waals surface area contributed by atoms with E-state index in [1.54, 1.807) is 47.1 Å². The Kier molecular flexibility index (Phi) is 6.85. The molecule has 0 unspecified atom stereocenters. The van der Waals surface area contributed by atoms with Gasteiger partial charge in [-0.3, -0.25) is 4.79 Å². The molecule has 0 aliphatic carbocycles. The number of anilines is 1. The van der Waals surface area contributed by atoms with Crippen molar-refractivity contribution in [2.75, 3.05) is 33.1 Å². The second-order valence-corrected chi connectivity index (χ2v) is 7.85. The summed E-state index contributed by atoms with van der Waals surface area (Å²) < 4.78 is 15.8. The first-order valence-corrected chi connectivity index (χ1v) is 9.43. The lowest BCUT2D eigenvalue weighted by Gasteiger charge is -2.24. The molecule has 28 heavy (non-hydrogen) atoms. The van der Waals surface area contributed by atoms with E-state index in [-0.39, 0.29) is 12.5 Å². The summed E-state index contributed by atoms with van der Waals surface area (Å²) in [5.74, 6) is 0.953. The molecule has 1 heterocycles. The van der Waals surface area contributed by atoms with Gasteiger partial charge in [0.05, 0.1) is 19.9 Å². The van der Waals surface area contributed by atoms with Gasteiger partial charge in [-0.15, -0.1) is 11.3 Å². The zero-order chi connectivity index (χ0) is 20.9. The minimum atomic E-state index is -0.623. The maximum Gasteiger partial charge on any atom is 0.410 e. The second kappa shape index (κ2) is 8.92. The summed E-state index contributed by atoms with van der Waals surface area (Å²) in [5, 5.41) is 4.92. The molecule has 2 amide bonds. The third-order valence-corrected chi connectivity index (χ3v) is 4.28. The maximum atomic E-state index is 12.2. The zero-order valence-electron chi connectivity index (χ0n) is 16.9. The van der Waals surface area contributed by atoms with Crippen LogP contribution in [0.4, 0.5) is 9.93 Å². The van der Waals surface area contributed by atoms with E-state index < -0.39 is 11.7 Å². The fourth-order valence-electron chi connectivity index (χ4n) is 2.25. The Morgan fingerprint density at radius 3 is 2.54 bits per heavy atom. The highest BCUT2D eigenvalue weighted by atomic mass is 32.1. The number of carbonyl (C=O) groups is 2. The van der Waals surface area contributed by atoms with Crippen molar-refractivity contribution in [1.82, 2.24) is 9.88 Å². The molecule has 2 aromatic rings. The molecule has 0 atom stereocenters. The molecule has 0 radical (unpaired) electrons. The van der Waals surface area contributed by atoms with E-state index >= 15 is 0 Å². The Morgan fingerprint density at radius 1 is 1.21 bits per heavy atom. The molecule has 1 aromatic carbocycles. The van der Waals surface area contributed by atoms with Crippen LogP contribution in [0.2, 0.25) is 0 Å². The van der Waals surface area contributed by atoms with E-state index in [4.69, 9.17) is 14.2 Å². The molecule has 0 saturated heterocycles. The number of nitrogens with zero attached hydrogens (tertiary/aromatic N) is 2. The highest BCUT2D eigenvalue weighted by molar-refractivity contribution is 7.14. The lowest BCUT2D eigenvalue weighted by Crippen LogP contribution is -2.38. The monoisotopic (exact) mass is 407 g/mol. The first-order chi connectivity index (χ1) is 13.1. The Balaban J connectivity index is 2.05. The lowest BCUT2D eigenvalue weighted by molar-refractivity contribution is -0.117. The quantitative estimate of drug-likeness (QED) is 0.786. The molecule has 0 aliphatic heterocycles. The van der Waals surface area contributed by atoms with E-state index in [1.807, 2.05) is 11.4 Å². The first kappa shape index (κ1) is 21.5. The van der Waals surface area contributed by atoms with Gasteiger partial charge in [-0.05, 0) is 39.0 Å². The predicted octanol–water partition coefficient (Wildman–Crippen LogP) is 3.63. The SMILES string of the molecule is COc1ccc(OC)c(-c2csc(NC(=O)CN(C)C(=O)OC(C)(C)C)n2)c1. The van der Waals surface area contributed by atoms with Crippen LogP contribution >= 0.6 is 11.3 Å². The number of nitrogens with one attached hydrogen (secondary N) is 1. The summed E-state index contributed by atoms with van der Waals surface area (Å²) in [6.45, 7) is 5.15. The van der Waals surface area contributed by atoms with Crippen LogP contribution in [0.1, 0.15) is 20.8 Å². The van der Waals surface area contributed by atoms with Crippen LogP contribution in [-0.4, -0.2) is 55.3 Å². The van der Waals surface area contributed by atoms with Crippen LogP contribution in [0.25, 0.3) is 11.3 Å². The molecule has 0 bridgehead atoms. The van der Waals surface area contributed by atoms with Crippen LogP contribution in [0.3, 0.4) is 0 Å². The third-order valence-electron chi connectivity index (χ3n) is 3.52. The number of likely N-dealkylation sites (N-methyl/N-ethyl adjacent to an activating group) is 1. The van der Waals surface area contributed by atoms with Crippen molar-refractivity contribution >= 4 is 28.5 Å². The van der Waals surface area contributed by atoms with Crippen molar-refractivity contribution in [2.45, 2.75) is 26.4 Å². The molecule has 8 nitrogen and oxygen atoms in total. The number of hydrogen-bond acceptors (Lipinski definition) is 7. The van der Waals surface area contributed by atoms with Gasteiger partial charge in [-0.2, -0.15) is 0 Å². The number of benzene rings is 1. The second-order valence-electron chi connectivity index (χ2n) is 6.99. The summed E-state index contributed by atoms with van der Waals surface area (Å²) in [4.78, 5) is 29.8. The number of methoxy groups -OCH3 is 2. The van der Waals surface area contributed by atoms with Gasteiger partial charge in [0.25, 0.3) is 0 Å². The molecule has 0 spiro atoms. The predicted molar refractivity (Wildman–Crippen MR) is 108 cm³/mol. The summed E-state index contributed by atoms with van der Waals surface area (Å²) in [6.07, 6.45) is -0.566. The fourth-order valence-corrected chi connectivity index (χ4v) is 2.97. The molecule has 152 valence electrons. The first-order valence-electron chi connectivity index (χ1n) is 8.55. The van der Waals surface area contributed by atoms with E-state index in [0.717, 1.165) is 5.56 Å². The molecule has 0 saturated carbocycles. The minimum absolute atomic E-state index is 0.147. The molecule has 0 aliphatic rings. The normalized spacial score (nSPS) is 10.9. The van der Waals surface area contributed by atoms with E-state index in [9.17, 15) is 9.59 Å². The van der Waals surface area contributed by atoms with Gasteiger partial charge in [0, 0.05) is 18.0 Å². The van der Waals surface area contributed by atoms with Gasteiger partial charge in [0.1, 0.15) is 23.6 Å². The molecule has 1 aromatic heterocycles. The Labute approximate surface area is 168 Å². The molecular formula is C19H25N3O5S. The highest BCUT2D eigenvalue weighted by Gasteiger charge is 2.21. The van der Waals surface area contributed by atoms with Gasteiger partial charge < -0.3 is 24.4 Å². The number of ether oxygens (including phenoxy) is 3. The standard InChI is InChI=1S/C19H25N3O5S/c1-19(2,3)27-18(24)22(4)10-16(23)21-17-20-14(11-28-17)13-9-12(25-5)7-8-15(13)26-6/h7-9,11H,10H2,1-6H3,(H,20,21,23). The number of carbonyl (C=O) groups excluding carboxylic acids is 2. The van der Waals surface area contributed by atoms with Gasteiger partial charge in [-0.25, -0.2) is 9.78 Å². The number of hydrogen-bond donors (Lipinski definition) is 1. The molecule has 2 rings (SSSR count). The van der Waals surface area contributed by atoms with Crippen LogP contribution < -0.4 is 14.8 Å². The van der Waals surface area contributed by atoms with Gasteiger partial charge in [-0.1, -0.05) is 0 Å². The zero-order valence-corrected chi connectivity index (χ0v) is 17.7. The van der Waals surface area contributed by atoms with Crippen LogP contribution in [0, 0.1) is 0 Å². The van der Waals surface area contributed by atoms with Gasteiger partial charge in [0.2, 0.25) is 5.91 Å². The van der Waals surface area contributed by atoms with Gasteiger partial charge >= 0.3 is 6.09 Å². The molecule has 1 N–H and O–H groups in total. The highest BCUT2D eigenvalue weighted by Crippen LogP contribution is 2.35. The average Bonchev–Trinajstić information content (AvgIpc) is 3.07. The largest absolute Gasteiger partial charge is 0.497 e. The van der Waals surface area contributed by atoms with Crippen molar-refractivity contribution in [3.8, 4) is 22.8 Å². The van der Waals surface area contributed by atoms with Crippen molar-refractivity contribution in [3.63, 3.8) is 0 Å². The summed E-state index contributed by atoms with van der Waals surface area (Å²) in [6, 6.07) is 5.40. The minimum Gasteiger partial charge on any atom is -0.497 e. The van der Waals surface area contributed by atoms with Crippen molar-refractivity contribution in [1.29, 1.82) is 0 Å². The number of aromatic nitrogens is 1. The van der Waals surface area contributed by atoms with E-state index in [1.165, 1.54) is 23.3 Å². The average molecular weight is 407 g/mol. The Hall–Kier alpha value is -2.81. The summed E-state index contributed by atoms with van der Waals surface area (Å²) in [7, 11) is 4.66. The molecular weight excluding hydrogens is 382 g/mol. The Bertz CT molecular complexity index is 844. The maximum absolute atomic E-state index is 12.2. The number of thiazole rings is 1. The van der Waals surface area contributed by atoms with Crippen LogP contribution in [-0.2, 0) is 9.53 Å². The van der Waals surface area contributed by atoms with E-state index in [2.05, 4.69) is 10.3 Å². The summed E-state index contributed by atoms with van der Waals surface area (Å²) in [5.41, 5.74) is 0.781. The van der Waals surface area contributed by atoms with Crippen molar-refractivity contribution < 1.29 is 23.8 Å². The van der Waals surface area contributed by atoms with Crippen molar-refractivity contribution in [3.05, 3.63) is 23.6 Å². The summed E-state index contributed by atoms with van der Waals surface area (Å²) >= 11 is 1.28. The Morgan fingerprint density at radius 2 is 1.93 bits per heavy atom. The number of rotatable bonds is 6. The van der Waals surface area contributed by atoms with E-state index in [0.29, 0.717) is 22.3 Å². The van der Waals surface area contributed by atoms with Gasteiger partial charge in [0.15, 0.2) is 5.13 Å². The van der Waals surface area contributed by atoms with Crippen LogP contribution in [0.5, 0.6) is 11.5 Å². The fraction of sp³-hybridized carbons (Fsp3) is 0.421. The topological polar surface area (TPSA) is 90.0 Å². The molecule has 9 heteroatoms.